The van der Waals surface area contributed by atoms with Gasteiger partial charge in [-0.15, -0.1) is 0 Å². The van der Waals surface area contributed by atoms with E-state index in [0.717, 1.165) is 0 Å². The smallest absolute Gasteiger partial charge is 0.309 e. The van der Waals surface area contributed by atoms with Crippen molar-refractivity contribution in [1.82, 2.24) is 4.90 Å². The molecule has 0 saturated carbocycles. The van der Waals surface area contributed by atoms with Crippen molar-refractivity contribution in [2.45, 2.75) is 185 Å². The van der Waals surface area contributed by atoms with Crippen LogP contribution < -0.4 is 0 Å². The van der Waals surface area contributed by atoms with Gasteiger partial charge in [0.1, 0.15) is 48.5 Å². The predicted octanol–water partition coefficient (Wildman–Crippen LogP) is 2.43. The van der Waals surface area contributed by atoms with Crippen LogP contribution in [-0.4, -0.2) is 158 Å². The van der Waals surface area contributed by atoms with Gasteiger partial charge in [0.25, 0.3) is 0 Å². The van der Waals surface area contributed by atoms with Gasteiger partial charge in [-0.2, -0.15) is 0 Å². The molecule has 17 nitrogen and oxygen atoms in total. The van der Waals surface area contributed by atoms with Crippen LogP contribution in [0.15, 0.2) is 12.2 Å². The van der Waals surface area contributed by atoms with Crippen molar-refractivity contribution in [3.8, 4) is 0 Å². The lowest BCUT2D eigenvalue weighted by Gasteiger charge is -2.50. The van der Waals surface area contributed by atoms with E-state index in [9.17, 15) is 34.2 Å². The van der Waals surface area contributed by atoms with Crippen LogP contribution in [0.1, 0.15) is 93.9 Å². The summed E-state index contributed by atoms with van der Waals surface area (Å²) in [4.78, 5) is 65.8. The average Bonchev–Trinajstić information content (AvgIpc) is 3.85. The van der Waals surface area contributed by atoms with Crippen molar-refractivity contribution < 1.29 is 76.8 Å². The molecular weight excluding hydrogens is 774 g/mol. The molecule has 0 amide bonds. The van der Waals surface area contributed by atoms with E-state index in [0.29, 0.717) is 12.7 Å². The van der Waals surface area contributed by atoms with Crippen LogP contribution in [0.2, 0.25) is 0 Å². The summed E-state index contributed by atoms with van der Waals surface area (Å²) in [5, 5.41) is 23.5. The second-order valence-electron chi connectivity index (χ2n) is 17.5. The highest BCUT2D eigenvalue weighted by atomic mass is 16.7. The minimum Gasteiger partial charge on any atom is -0.462 e. The summed E-state index contributed by atoms with van der Waals surface area (Å²) in [6.07, 6.45) is -7.99. The zero-order valence-electron chi connectivity index (χ0n) is 36.3. The van der Waals surface area contributed by atoms with E-state index in [-0.39, 0.29) is 49.6 Å². The first-order valence-corrected chi connectivity index (χ1v) is 20.7. The highest BCUT2D eigenvalue weighted by Crippen LogP contribution is 2.38. The van der Waals surface area contributed by atoms with E-state index in [1.807, 2.05) is 13.8 Å². The molecule has 4 rings (SSSR count). The summed E-state index contributed by atoms with van der Waals surface area (Å²) in [5.41, 5.74) is -1.51. The molecule has 0 unspecified atom stereocenters. The zero-order chi connectivity index (χ0) is 43.9. The molecule has 3 fully saturated rings. The van der Waals surface area contributed by atoms with Gasteiger partial charge >= 0.3 is 17.9 Å². The normalized spacial score (nSPS) is 41.7. The van der Waals surface area contributed by atoms with Crippen LogP contribution in [0.4, 0.5) is 0 Å². The molecule has 17 atom stereocenters. The Kier molecular flexibility index (Phi) is 17.6. The van der Waals surface area contributed by atoms with Gasteiger partial charge in [0, 0.05) is 45.6 Å². The van der Waals surface area contributed by atoms with E-state index < -0.39 is 115 Å². The Balaban J connectivity index is 1.64. The molecule has 2 N–H and O–H groups in total. The van der Waals surface area contributed by atoms with Crippen LogP contribution in [0.3, 0.4) is 0 Å². The summed E-state index contributed by atoms with van der Waals surface area (Å²) in [6.45, 7) is 13.4. The van der Waals surface area contributed by atoms with Gasteiger partial charge < -0.3 is 62.5 Å². The first-order chi connectivity index (χ1) is 27.6. The van der Waals surface area contributed by atoms with Crippen LogP contribution in [-0.2, 0) is 66.6 Å². The number of carbonyl (C=O) groups excluding carboxylic acids is 5. The lowest BCUT2D eigenvalue weighted by molar-refractivity contribution is -0.344. The Labute approximate surface area is 347 Å². The first kappa shape index (κ1) is 48.8. The van der Waals surface area contributed by atoms with Crippen LogP contribution in [0, 0.1) is 17.8 Å². The van der Waals surface area contributed by atoms with Crippen molar-refractivity contribution >= 4 is 30.0 Å². The minimum absolute atomic E-state index is 0.0551. The molecule has 4 aliphatic heterocycles. The van der Waals surface area contributed by atoms with Gasteiger partial charge in [0.2, 0.25) is 0 Å². The molecule has 0 spiro atoms. The molecule has 4 heterocycles. The number of esters is 3. The summed E-state index contributed by atoms with van der Waals surface area (Å²) in [7, 11) is 4.82. The topological polar surface area (TPSA) is 215 Å². The van der Waals surface area contributed by atoms with Gasteiger partial charge in [0.05, 0.1) is 36.9 Å². The summed E-state index contributed by atoms with van der Waals surface area (Å²) >= 11 is 0. The number of methoxy groups -OCH3 is 1. The van der Waals surface area contributed by atoms with Crippen molar-refractivity contribution in [3.63, 3.8) is 0 Å². The lowest BCUT2D eigenvalue weighted by atomic mass is 9.83. The lowest BCUT2D eigenvalue weighted by Crippen LogP contribution is -2.66. The number of aliphatic hydroxyl groups is 2. The van der Waals surface area contributed by atoms with Gasteiger partial charge in [-0.25, -0.2) is 0 Å². The van der Waals surface area contributed by atoms with Crippen LogP contribution >= 0.6 is 0 Å². The predicted molar refractivity (Wildman–Crippen MR) is 208 cm³/mol. The summed E-state index contributed by atoms with van der Waals surface area (Å²) < 4.78 is 54.2. The highest BCUT2D eigenvalue weighted by Gasteiger charge is 2.53. The maximum atomic E-state index is 13.4. The second-order valence-corrected chi connectivity index (χ2v) is 17.5. The Morgan fingerprint density at radius 1 is 1.00 bits per heavy atom. The number of ether oxygens (including phenoxy) is 9. The fourth-order valence-electron chi connectivity index (χ4n) is 8.51. The Morgan fingerprint density at radius 3 is 2.29 bits per heavy atom. The minimum atomic E-state index is -1.51. The molecule has 336 valence electrons. The monoisotopic (exact) mass is 841 g/mol. The molecule has 0 bridgehead atoms. The van der Waals surface area contributed by atoms with Gasteiger partial charge in [-0.05, 0) is 72.2 Å². The Morgan fingerprint density at radius 2 is 1.69 bits per heavy atom. The SMILES string of the molecule is CO[C@@H]1[C@H](O[C@@H]2O[C@H](C)[C@@H](O[C@H]3C[C@@](C)(O)[C@H](OC(=O)CC(C)C)[C@@H](C)O3)[C@H](N(C)C)[C@@H]2O)[C@@H](CC=O)C[C@@H](C)C(=O)/C=C\[C@@H]2O[C@H]2C[C@H](C)OC(=O)C[C@@H]1OC(C)=O. The third-order valence-electron chi connectivity index (χ3n) is 11.4. The maximum Gasteiger partial charge on any atom is 0.309 e. The summed E-state index contributed by atoms with van der Waals surface area (Å²) in [6, 6.07) is -0.800. The fourth-order valence-corrected chi connectivity index (χ4v) is 8.51. The molecule has 59 heavy (non-hydrogen) atoms. The number of cyclic esters (lactones) is 1. The van der Waals surface area contributed by atoms with Gasteiger partial charge in [0.15, 0.2) is 24.5 Å². The van der Waals surface area contributed by atoms with E-state index in [2.05, 4.69) is 0 Å². The fraction of sp³-hybridized carbons (Fsp3) is 0.833. The Bertz CT molecular complexity index is 1470. The number of allylic oxidation sites excluding steroid dienone is 1. The van der Waals surface area contributed by atoms with Gasteiger partial charge in [-0.1, -0.05) is 20.8 Å². The number of ketones is 1. The van der Waals surface area contributed by atoms with Gasteiger partial charge in [-0.3, -0.25) is 19.2 Å². The number of carbonyl (C=O) groups is 5. The van der Waals surface area contributed by atoms with E-state index in [1.165, 1.54) is 20.1 Å². The van der Waals surface area contributed by atoms with Crippen LogP contribution in [0.25, 0.3) is 0 Å². The molecule has 3 saturated heterocycles. The standard InChI is InChI=1S/C42H67NO16/c1-21(2)16-32(47)57-40-25(6)53-34(20-42(40,8)50)58-37-24(5)54-41(36(49)35(37)43(9)10)59-38-27(14-15-44)17-22(3)28(46)12-13-29-30(56-29)18-23(4)52-33(48)19-31(39(38)51-11)55-26(7)45/h12-13,15,21-25,27,29-31,34-41,49-50H,14,16-20H2,1-11H3/b13-12-/t22-,23+,24-,25-,27+,29+,30+,31+,34+,35-,36+,37-,38-,39+,40-,41+,42-/m1/s1. The van der Waals surface area contributed by atoms with Crippen LogP contribution in [0.5, 0.6) is 0 Å². The van der Waals surface area contributed by atoms with Crippen molar-refractivity contribution in [1.29, 1.82) is 0 Å². The number of aldehydes is 1. The number of rotatable bonds is 12. The number of fused-ring (bicyclic) bond motifs is 1. The second kappa shape index (κ2) is 21.3. The average molecular weight is 842 g/mol. The molecule has 17 heteroatoms. The number of hydrogen-bond donors (Lipinski definition) is 2. The molecule has 0 aliphatic carbocycles. The summed E-state index contributed by atoms with van der Waals surface area (Å²) in [5.74, 6) is -3.35. The molecular formula is C42H67NO16. The quantitative estimate of drug-likeness (QED) is 0.125. The van der Waals surface area contributed by atoms with Crippen molar-refractivity contribution in [2.75, 3.05) is 21.2 Å². The highest BCUT2D eigenvalue weighted by molar-refractivity contribution is 5.91. The van der Waals surface area contributed by atoms with E-state index in [1.54, 1.807) is 59.7 Å². The molecule has 0 aromatic heterocycles. The largest absolute Gasteiger partial charge is 0.462 e. The number of likely N-dealkylation sites (N-methyl/N-ethyl adjacent to an activating group) is 1. The van der Waals surface area contributed by atoms with E-state index >= 15 is 0 Å². The zero-order valence-corrected chi connectivity index (χ0v) is 36.3. The third kappa shape index (κ3) is 13.3. The van der Waals surface area contributed by atoms with Crippen molar-refractivity contribution in [2.24, 2.45) is 17.8 Å². The maximum absolute atomic E-state index is 13.4. The molecule has 4 aliphatic rings. The first-order valence-electron chi connectivity index (χ1n) is 20.7. The molecule has 0 aromatic rings. The third-order valence-corrected chi connectivity index (χ3v) is 11.4. The number of epoxide rings is 1. The number of aliphatic hydroxyl groups excluding tert-OH is 1. The number of hydrogen-bond acceptors (Lipinski definition) is 17. The number of nitrogens with zero attached hydrogens (tertiary/aromatic N) is 1. The molecule has 0 radical (unpaired) electrons. The van der Waals surface area contributed by atoms with Crippen molar-refractivity contribution in [3.05, 3.63) is 12.2 Å². The molecule has 0 aromatic carbocycles. The Hall–Kier alpha value is -2.87. The van der Waals surface area contributed by atoms with E-state index in [4.69, 9.17) is 42.6 Å².